The van der Waals surface area contributed by atoms with Crippen molar-refractivity contribution in [1.29, 1.82) is 0 Å². The maximum atomic E-state index is 13.1. The third-order valence-corrected chi connectivity index (χ3v) is 6.46. The second-order valence-corrected chi connectivity index (χ2v) is 8.58. The van der Waals surface area contributed by atoms with E-state index in [1.165, 1.54) is 40.8 Å². The van der Waals surface area contributed by atoms with Crippen LogP contribution in [0.2, 0.25) is 0 Å². The lowest BCUT2D eigenvalue weighted by molar-refractivity contribution is -0.116. The molecule has 0 saturated heterocycles. The van der Waals surface area contributed by atoms with Gasteiger partial charge in [0.2, 0.25) is 5.91 Å². The molecule has 1 aromatic heterocycles. The summed E-state index contributed by atoms with van der Waals surface area (Å²) >= 11 is 8.07. The van der Waals surface area contributed by atoms with Gasteiger partial charge in [0.1, 0.15) is 5.82 Å². The predicted molar refractivity (Wildman–Crippen MR) is 105 cm³/mol. The lowest BCUT2D eigenvalue weighted by atomic mass is 10.2. The van der Waals surface area contributed by atoms with Crippen LogP contribution in [0.5, 0.6) is 0 Å². The number of benzene rings is 2. The molecule has 1 aliphatic heterocycles. The largest absolute Gasteiger partial charge is 0.311 e. The van der Waals surface area contributed by atoms with Crippen molar-refractivity contribution in [2.24, 2.45) is 0 Å². The second kappa shape index (κ2) is 7.30. The van der Waals surface area contributed by atoms with E-state index in [-0.39, 0.29) is 11.7 Å². The molecule has 0 saturated carbocycles. The van der Waals surface area contributed by atoms with Crippen LogP contribution in [-0.2, 0) is 11.2 Å². The molecular formula is C18H14FN3OS3. The minimum atomic E-state index is -0.304. The normalized spacial score (nSPS) is 13.0. The van der Waals surface area contributed by atoms with Crippen LogP contribution in [0.1, 0.15) is 5.56 Å². The SMILES string of the molecule is O=C(CSc1nn(-c2ccc(F)cc2)c(=S)s1)N1CCc2ccccc21. The average molecular weight is 404 g/mol. The summed E-state index contributed by atoms with van der Waals surface area (Å²) < 4.78 is 16.0. The molecule has 0 atom stereocenters. The Morgan fingerprint density at radius 3 is 2.81 bits per heavy atom. The first-order valence-corrected chi connectivity index (χ1v) is 10.2. The fourth-order valence-electron chi connectivity index (χ4n) is 2.86. The van der Waals surface area contributed by atoms with Crippen molar-refractivity contribution in [2.75, 3.05) is 17.2 Å². The zero-order valence-electron chi connectivity index (χ0n) is 13.6. The molecule has 0 radical (unpaired) electrons. The molecule has 4 nitrogen and oxygen atoms in total. The van der Waals surface area contributed by atoms with Crippen molar-refractivity contribution in [3.8, 4) is 5.69 Å². The number of para-hydroxylation sites is 1. The number of fused-ring (bicyclic) bond motifs is 1. The summed E-state index contributed by atoms with van der Waals surface area (Å²) in [6, 6.07) is 14.0. The fraction of sp³-hybridized carbons (Fsp3) is 0.167. The zero-order valence-corrected chi connectivity index (χ0v) is 16.0. The lowest BCUT2D eigenvalue weighted by Crippen LogP contribution is -2.30. The van der Waals surface area contributed by atoms with E-state index in [9.17, 15) is 9.18 Å². The van der Waals surface area contributed by atoms with Crippen molar-refractivity contribution in [3.05, 3.63) is 63.9 Å². The van der Waals surface area contributed by atoms with Crippen molar-refractivity contribution in [2.45, 2.75) is 10.8 Å². The van der Waals surface area contributed by atoms with Crippen LogP contribution in [0.3, 0.4) is 0 Å². The Kier molecular flexibility index (Phi) is 4.88. The number of aromatic nitrogens is 2. The van der Waals surface area contributed by atoms with E-state index in [0.29, 0.717) is 15.4 Å². The summed E-state index contributed by atoms with van der Waals surface area (Å²) in [5.74, 6) is 0.0658. The summed E-state index contributed by atoms with van der Waals surface area (Å²) in [5, 5.41) is 4.45. The Bertz CT molecular complexity index is 1010. The molecule has 0 fully saturated rings. The Morgan fingerprint density at radius 1 is 1.23 bits per heavy atom. The minimum Gasteiger partial charge on any atom is -0.311 e. The highest BCUT2D eigenvalue weighted by molar-refractivity contribution is 8.01. The van der Waals surface area contributed by atoms with Crippen LogP contribution in [0.15, 0.2) is 52.9 Å². The number of nitrogens with zero attached hydrogens (tertiary/aromatic N) is 3. The van der Waals surface area contributed by atoms with Crippen molar-refractivity contribution in [1.82, 2.24) is 9.78 Å². The van der Waals surface area contributed by atoms with E-state index in [0.717, 1.165) is 23.0 Å². The molecule has 0 spiro atoms. The molecule has 0 bridgehead atoms. The molecule has 2 aromatic carbocycles. The first-order valence-electron chi connectivity index (χ1n) is 7.99. The van der Waals surface area contributed by atoms with Crippen LogP contribution in [0.25, 0.3) is 5.69 Å². The average Bonchev–Trinajstić information content (AvgIpc) is 3.24. The number of rotatable bonds is 4. The highest BCUT2D eigenvalue weighted by Crippen LogP contribution is 2.30. The number of anilines is 1. The molecule has 2 heterocycles. The Labute approximate surface area is 163 Å². The van der Waals surface area contributed by atoms with Crippen LogP contribution < -0.4 is 4.90 Å². The topological polar surface area (TPSA) is 38.1 Å². The first-order chi connectivity index (χ1) is 12.6. The molecule has 0 N–H and O–H groups in total. The van der Waals surface area contributed by atoms with Crippen LogP contribution >= 0.6 is 35.3 Å². The number of carbonyl (C=O) groups excluding carboxylic acids is 1. The van der Waals surface area contributed by atoms with E-state index in [1.54, 1.807) is 16.8 Å². The maximum Gasteiger partial charge on any atom is 0.237 e. The van der Waals surface area contributed by atoms with Gasteiger partial charge in [0.15, 0.2) is 8.29 Å². The van der Waals surface area contributed by atoms with Crippen LogP contribution in [0.4, 0.5) is 10.1 Å². The fourth-order valence-corrected chi connectivity index (χ4v) is 5.10. The summed E-state index contributed by atoms with van der Waals surface area (Å²) in [7, 11) is 0. The molecule has 4 rings (SSSR count). The van der Waals surface area contributed by atoms with Gasteiger partial charge in [-0.2, -0.15) is 0 Å². The molecular weight excluding hydrogens is 389 g/mol. The monoisotopic (exact) mass is 403 g/mol. The summed E-state index contributed by atoms with van der Waals surface area (Å²) in [6.07, 6.45) is 0.894. The number of thioether (sulfide) groups is 1. The summed E-state index contributed by atoms with van der Waals surface area (Å²) in [5.41, 5.74) is 2.92. The van der Waals surface area contributed by atoms with E-state index in [2.05, 4.69) is 11.2 Å². The number of hydrogen-bond donors (Lipinski definition) is 0. The van der Waals surface area contributed by atoms with Gasteiger partial charge in [-0.3, -0.25) is 4.79 Å². The smallest absolute Gasteiger partial charge is 0.237 e. The predicted octanol–water partition coefficient (Wildman–Crippen LogP) is 4.48. The van der Waals surface area contributed by atoms with Crippen LogP contribution in [-0.4, -0.2) is 28.0 Å². The standard InChI is InChI=1S/C18H14FN3OS3/c19-13-5-7-14(8-6-13)22-18(24)26-17(20-22)25-11-16(23)21-10-9-12-3-1-2-4-15(12)21/h1-8H,9-11H2. The molecule has 26 heavy (non-hydrogen) atoms. The van der Waals surface area contributed by atoms with E-state index in [1.807, 2.05) is 23.1 Å². The van der Waals surface area contributed by atoms with Crippen molar-refractivity contribution >= 4 is 46.9 Å². The molecule has 3 aromatic rings. The highest BCUT2D eigenvalue weighted by Gasteiger charge is 2.24. The van der Waals surface area contributed by atoms with Gasteiger partial charge in [-0.1, -0.05) is 41.3 Å². The van der Waals surface area contributed by atoms with Crippen molar-refractivity contribution in [3.63, 3.8) is 0 Å². The Balaban J connectivity index is 1.46. The Hall–Kier alpha value is -2.03. The number of halogens is 1. The molecule has 1 aliphatic rings. The molecule has 0 unspecified atom stereocenters. The second-order valence-electron chi connectivity index (χ2n) is 5.73. The van der Waals surface area contributed by atoms with Gasteiger partial charge in [0.25, 0.3) is 0 Å². The van der Waals surface area contributed by atoms with Crippen LogP contribution in [0, 0.1) is 9.77 Å². The zero-order chi connectivity index (χ0) is 18.1. The van der Waals surface area contributed by atoms with E-state index >= 15 is 0 Å². The lowest BCUT2D eigenvalue weighted by Gasteiger charge is -2.16. The van der Waals surface area contributed by atoms with Gasteiger partial charge >= 0.3 is 0 Å². The quantitative estimate of drug-likeness (QED) is 0.475. The van der Waals surface area contributed by atoms with Gasteiger partial charge in [-0.05, 0) is 54.5 Å². The summed E-state index contributed by atoms with van der Waals surface area (Å²) in [6.45, 7) is 0.721. The Morgan fingerprint density at radius 2 is 2.00 bits per heavy atom. The number of amides is 1. The number of hydrogen-bond acceptors (Lipinski definition) is 5. The third-order valence-electron chi connectivity index (χ3n) is 4.11. The van der Waals surface area contributed by atoms with E-state index in [4.69, 9.17) is 12.2 Å². The maximum absolute atomic E-state index is 13.1. The highest BCUT2D eigenvalue weighted by atomic mass is 32.2. The molecule has 132 valence electrons. The van der Waals surface area contributed by atoms with Gasteiger partial charge < -0.3 is 4.90 Å². The third kappa shape index (κ3) is 3.44. The molecule has 1 amide bonds. The van der Waals surface area contributed by atoms with Gasteiger partial charge in [0.05, 0.1) is 11.4 Å². The van der Waals surface area contributed by atoms with Crippen molar-refractivity contribution < 1.29 is 9.18 Å². The van der Waals surface area contributed by atoms with Gasteiger partial charge in [-0.25, -0.2) is 9.07 Å². The minimum absolute atomic E-state index is 0.0643. The van der Waals surface area contributed by atoms with E-state index < -0.39 is 0 Å². The van der Waals surface area contributed by atoms with Gasteiger partial charge in [0, 0.05) is 12.2 Å². The molecule has 0 aliphatic carbocycles. The first kappa shape index (κ1) is 17.4. The van der Waals surface area contributed by atoms with Gasteiger partial charge in [-0.15, -0.1) is 5.10 Å². The summed E-state index contributed by atoms with van der Waals surface area (Å²) in [4.78, 5) is 14.4. The number of carbonyl (C=O) groups is 1. The molecule has 8 heteroatoms.